The zero-order chi connectivity index (χ0) is 21.4. The van der Waals surface area contributed by atoms with Gasteiger partial charge in [-0.2, -0.15) is 0 Å². The number of hydrogen-bond donors (Lipinski definition) is 2. The van der Waals surface area contributed by atoms with Gasteiger partial charge >= 0.3 is 6.01 Å². The highest BCUT2D eigenvalue weighted by molar-refractivity contribution is 6.30. The van der Waals surface area contributed by atoms with Gasteiger partial charge in [-0.25, -0.2) is 13.2 Å². The van der Waals surface area contributed by atoms with Crippen LogP contribution in [0.5, 0.6) is 5.75 Å². The molecule has 0 saturated carbocycles. The highest BCUT2D eigenvalue weighted by atomic mass is 35.5. The van der Waals surface area contributed by atoms with Crippen molar-refractivity contribution in [2.24, 2.45) is 0 Å². The first kappa shape index (κ1) is 20.0. The number of rotatable bonds is 5. The summed E-state index contributed by atoms with van der Waals surface area (Å²) in [5.74, 6) is -3.91. The first-order valence-corrected chi connectivity index (χ1v) is 9.11. The molecule has 0 aliphatic carbocycles. The standard InChI is InChI=1S/C19H14ClF3N4O3/c1-29-9-5-13(22)15(14(23)6-9)11-7-24-17(28)16(11)25-19-27-26-18(30-19)10-3-2-8(20)4-12(10)21/h2-6,11,16H,7H2,1H3,(H,24,28)(H,25,27)/t11?,16-/m1/s1. The average Bonchev–Trinajstić information content (AvgIpc) is 3.29. The van der Waals surface area contributed by atoms with Crippen LogP contribution in [0.3, 0.4) is 0 Å². The quantitative estimate of drug-likeness (QED) is 0.633. The number of anilines is 1. The molecular formula is C19H14ClF3N4O3. The lowest BCUT2D eigenvalue weighted by molar-refractivity contribution is -0.119. The topological polar surface area (TPSA) is 89.3 Å². The monoisotopic (exact) mass is 438 g/mol. The highest BCUT2D eigenvalue weighted by Gasteiger charge is 2.40. The average molecular weight is 439 g/mol. The molecule has 1 aliphatic heterocycles. The smallest absolute Gasteiger partial charge is 0.316 e. The lowest BCUT2D eigenvalue weighted by Crippen LogP contribution is -2.33. The van der Waals surface area contributed by atoms with E-state index >= 15 is 0 Å². The summed E-state index contributed by atoms with van der Waals surface area (Å²) in [4.78, 5) is 12.3. The number of aromatic nitrogens is 2. The molecule has 4 rings (SSSR count). The van der Waals surface area contributed by atoms with Crippen LogP contribution in [0.1, 0.15) is 11.5 Å². The minimum Gasteiger partial charge on any atom is -0.497 e. The third-order valence-electron chi connectivity index (χ3n) is 4.71. The van der Waals surface area contributed by atoms with Crippen LogP contribution in [0.2, 0.25) is 5.02 Å². The fraction of sp³-hybridized carbons (Fsp3) is 0.211. The van der Waals surface area contributed by atoms with Crippen molar-refractivity contribution in [3.8, 4) is 17.2 Å². The van der Waals surface area contributed by atoms with E-state index in [9.17, 15) is 18.0 Å². The normalized spacial score (nSPS) is 18.4. The van der Waals surface area contributed by atoms with Gasteiger partial charge in [-0.3, -0.25) is 4.79 Å². The van der Waals surface area contributed by atoms with E-state index in [4.69, 9.17) is 20.8 Å². The summed E-state index contributed by atoms with van der Waals surface area (Å²) in [6, 6.07) is 4.67. The number of ether oxygens (including phenoxy) is 1. The second-order valence-electron chi connectivity index (χ2n) is 6.51. The Morgan fingerprint density at radius 2 is 1.90 bits per heavy atom. The molecule has 0 radical (unpaired) electrons. The van der Waals surface area contributed by atoms with Gasteiger partial charge in [-0.05, 0) is 18.2 Å². The molecule has 1 aliphatic rings. The number of carbonyl (C=O) groups excluding carboxylic acids is 1. The third kappa shape index (κ3) is 3.65. The van der Waals surface area contributed by atoms with E-state index in [1.54, 1.807) is 0 Å². The van der Waals surface area contributed by atoms with E-state index in [1.165, 1.54) is 19.2 Å². The van der Waals surface area contributed by atoms with Crippen molar-refractivity contribution in [3.05, 3.63) is 58.4 Å². The Bertz CT molecular complexity index is 1100. The van der Waals surface area contributed by atoms with E-state index in [1.807, 2.05) is 0 Å². The fourth-order valence-electron chi connectivity index (χ4n) is 3.28. The Morgan fingerprint density at radius 3 is 2.57 bits per heavy atom. The maximum absolute atomic E-state index is 14.5. The number of carbonyl (C=O) groups is 1. The van der Waals surface area contributed by atoms with Gasteiger partial charge in [0.25, 0.3) is 5.89 Å². The van der Waals surface area contributed by atoms with Crippen LogP contribution in [0.15, 0.2) is 34.7 Å². The fourth-order valence-corrected chi connectivity index (χ4v) is 3.43. The Morgan fingerprint density at radius 1 is 1.17 bits per heavy atom. The van der Waals surface area contributed by atoms with E-state index < -0.39 is 35.3 Å². The van der Waals surface area contributed by atoms with Crippen LogP contribution >= 0.6 is 11.6 Å². The van der Waals surface area contributed by atoms with Crippen LogP contribution in [0.4, 0.5) is 19.2 Å². The van der Waals surface area contributed by atoms with Crippen LogP contribution in [-0.4, -0.2) is 35.8 Å². The summed E-state index contributed by atoms with van der Waals surface area (Å²) in [5, 5.41) is 12.9. The number of halogens is 4. The SMILES string of the molecule is COc1cc(F)c(C2CNC(=O)[C@@H]2Nc2nnc(-c3ccc(Cl)cc3F)o2)c(F)c1. The van der Waals surface area contributed by atoms with E-state index in [-0.39, 0.29) is 40.3 Å². The van der Waals surface area contributed by atoms with Crippen LogP contribution < -0.4 is 15.4 Å². The van der Waals surface area contributed by atoms with Crippen molar-refractivity contribution in [2.45, 2.75) is 12.0 Å². The predicted molar refractivity (Wildman–Crippen MR) is 101 cm³/mol. The summed E-state index contributed by atoms with van der Waals surface area (Å²) in [7, 11) is 1.29. The van der Waals surface area contributed by atoms with E-state index in [0.717, 1.165) is 18.2 Å². The summed E-state index contributed by atoms with van der Waals surface area (Å²) < 4.78 is 53.3. The first-order valence-electron chi connectivity index (χ1n) is 8.73. The van der Waals surface area contributed by atoms with Crippen molar-refractivity contribution in [1.29, 1.82) is 0 Å². The van der Waals surface area contributed by atoms with Crippen LogP contribution in [0, 0.1) is 17.5 Å². The third-order valence-corrected chi connectivity index (χ3v) is 4.94. The first-order chi connectivity index (χ1) is 14.4. The van der Waals surface area contributed by atoms with Crippen LogP contribution in [-0.2, 0) is 4.79 Å². The molecule has 30 heavy (non-hydrogen) atoms. The van der Waals surface area contributed by atoms with Gasteiger partial charge in [0.1, 0.15) is 29.2 Å². The summed E-state index contributed by atoms with van der Waals surface area (Å²) in [6.07, 6.45) is 0. The van der Waals surface area contributed by atoms with Crippen molar-refractivity contribution in [2.75, 3.05) is 19.0 Å². The molecule has 1 amide bonds. The van der Waals surface area contributed by atoms with Gasteiger partial charge in [0.15, 0.2) is 0 Å². The Kier molecular flexibility index (Phi) is 5.25. The second kappa shape index (κ2) is 7.86. The van der Waals surface area contributed by atoms with Gasteiger partial charge in [-0.1, -0.05) is 16.7 Å². The molecule has 2 aromatic carbocycles. The van der Waals surface area contributed by atoms with Gasteiger partial charge in [0, 0.05) is 35.2 Å². The zero-order valence-electron chi connectivity index (χ0n) is 15.4. The van der Waals surface area contributed by atoms with Crippen LogP contribution in [0.25, 0.3) is 11.5 Å². The van der Waals surface area contributed by atoms with Gasteiger partial charge in [0.2, 0.25) is 5.91 Å². The number of hydrogen-bond acceptors (Lipinski definition) is 6. The van der Waals surface area contributed by atoms with Gasteiger partial charge in [0.05, 0.1) is 12.7 Å². The minimum absolute atomic E-state index is 0.0104. The molecular weight excluding hydrogens is 425 g/mol. The molecule has 2 heterocycles. The zero-order valence-corrected chi connectivity index (χ0v) is 16.1. The predicted octanol–water partition coefficient (Wildman–Crippen LogP) is 3.51. The summed E-state index contributed by atoms with van der Waals surface area (Å²) in [6.45, 7) is -0.0104. The number of nitrogens with zero attached hydrogens (tertiary/aromatic N) is 2. The number of nitrogens with one attached hydrogen (secondary N) is 2. The van der Waals surface area contributed by atoms with Crippen molar-refractivity contribution >= 4 is 23.5 Å². The molecule has 156 valence electrons. The summed E-state index contributed by atoms with van der Waals surface area (Å²) >= 11 is 5.73. The molecule has 0 spiro atoms. The van der Waals surface area contributed by atoms with Crippen molar-refractivity contribution in [1.82, 2.24) is 15.5 Å². The molecule has 1 fully saturated rings. The molecule has 3 aromatic rings. The van der Waals surface area contributed by atoms with Gasteiger partial charge < -0.3 is 19.8 Å². The van der Waals surface area contributed by atoms with Gasteiger partial charge in [-0.15, -0.1) is 5.10 Å². The van der Waals surface area contributed by atoms with E-state index in [0.29, 0.717) is 0 Å². The maximum atomic E-state index is 14.5. The van der Waals surface area contributed by atoms with Crippen molar-refractivity contribution in [3.63, 3.8) is 0 Å². The largest absolute Gasteiger partial charge is 0.497 e. The molecule has 0 bridgehead atoms. The highest BCUT2D eigenvalue weighted by Crippen LogP contribution is 2.33. The van der Waals surface area contributed by atoms with Crippen molar-refractivity contribution < 1.29 is 27.1 Å². The lowest BCUT2D eigenvalue weighted by Gasteiger charge is -2.19. The molecule has 2 N–H and O–H groups in total. The lowest BCUT2D eigenvalue weighted by atomic mass is 9.93. The molecule has 7 nitrogen and oxygen atoms in total. The molecule has 11 heteroatoms. The summed E-state index contributed by atoms with van der Waals surface area (Å²) in [5.41, 5.74) is -0.269. The van der Waals surface area contributed by atoms with E-state index in [2.05, 4.69) is 20.8 Å². The minimum atomic E-state index is -1.09. The molecule has 1 unspecified atom stereocenters. The Balaban J connectivity index is 1.61. The molecule has 2 atom stereocenters. The Labute approximate surface area is 173 Å². The molecule has 1 aromatic heterocycles. The number of methoxy groups -OCH3 is 1. The number of benzene rings is 2. The second-order valence-corrected chi connectivity index (χ2v) is 6.95. The Hall–Kier alpha value is -3.27. The number of amides is 1. The maximum Gasteiger partial charge on any atom is 0.316 e. The molecule has 1 saturated heterocycles.